The van der Waals surface area contributed by atoms with E-state index in [-0.39, 0.29) is 17.6 Å². The molecule has 0 aliphatic heterocycles. The molecule has 32 heavy (non-hydrogen) atoms. The predicted molar refractivity (Wildman–Crippen MR) is 125 cm³/mol. The van der Waals surface area contributed by atoms with Crippen LogP contribution in [0.5, 0.6) is 0 Å². The summed E-state index contributed by atoms with van der Waals surface area (Å²) < 4.78 is 5.86. The molecule has 5 rings (SSSR count). The van der Waals surface area contributed by atoms with E-state index in [2.05, 4.69) is 15.6 Å². The summed E-state index contributed by atoms with van der Waals surface area (Å²) in [4.78, 5) is 31.5. The van der Waals surface area contributed by atoms with Crippen LogP contribution in [0.2, 0.25) is 0 Å². The second-order valence-electron chi connectivity index (χ2n) is 8.12. The van der Waals surface area contributed by atoms with Crippen LogP contribution in [0.3, 0.4) is 0 Å². The minimum Gasteiger partial charge on any atom is -0.451 e. The third-order valence-corrected chi connectivity index (χ3v) is 7.06. The van der Waals surface area contributed by atoms with Crippen LogP contribution in [0, 0.1) is 13.8 Å². The van der Waals surface area contributed by atoms with E-state index in [4.69, 9.17) is 4.42 Å². The molecule has 0 saturated heterocycles. The van der Waals surface area contributed by atoms with Crippen LogP contribution in [-0.4, -0.2) is 16.8 Å². The van der Waals surface area contributed by atoms with Gasteiger partial charge in [0.1, 0.15) is 10.6 Å². The first-order chi connectivity index (χ1) is 15.5. The molecule has 6 nitrogen and oxygen atoms in total. The third kappa shape index (κ3) is 3.69. The van der Waals surface area contributed by atoms with E-state index in [1.54, 1.807) is 12.4 Å². The summed E-state index contributed by atoms with van der Waals surface area (Å²) in [6, 6.07) is 9.61. The molecular formula is C25H23N3O3S. The number of carbonyl (C=O) groups is 2. The molecule has 0 spiro atoms. The molecule has 3 aromatic heterocycles. The Kier molecular flexibility index (Phi) is 5.27. The average Bonchev–Trinajstić information content (AvgIpc) is 3.46. The maximum atomic E-state index is 13.1. The zero-order valence-corrected chi connectivity index (χ0v) is 18.8. The number of furan rings is 1. The van der Waals surface area contributed by atoms with Crippen LogP contribution in [0.25, 0.3) is 11.0 Å². The number of thiophene rings is 1. The SMILES string of the molecule is Cc1ccc2oc(C(=O)Nc3sc4c(c3C(=O)NCc3cccnc3)CCC4)c(C)c2c1. The highest BCUT2D eigenvalue weighted by Gasteiger charge is 2.28. The second-order valence-corrected chi connectivity index (χ2v) is 9.22. The van der Waals surface area contributed by atoms with Gasteiger partial charge in [0.15, 0.2) is 5.76 Å². The summed E-state index contributed by atoms with van der Waals surface area (Å²) in [5.41, 5.74) is 5.13. The van der Waals surface area contributed by atoms with Crippen LogP contribution in [0.15, 0.2) is 47.1 Å². The largest absolute Gasteiger partial charge is 0.451 e. The standard InChI is InChI=1S/C25H23N3O3S/c1-14-8-9-19-18(11-14)15(2)22(31-19)24(30)28-25-21(17-6-3-7-20(17)32-25)23(29)27-13-16-5-4-10-26-12-16/h4-5,8-12H,3,6-7,13H2,1-2H3,(H,27,29)(H,28,30). The molecule has 0 radical (unpaired) electrons. The Hall–Kier alpha value is -3.45. The molecule has 3 heterocycles. The Balaban J connectivity index is 1.42. The number of fused-ring (bicyclic) bond motifs is 2. The van der Waals surface area contributed by atoms with Crippen LogP contribution >= 0.6 is 11.3 Å². The van der Waals surface area contributed by atoms with Gasteiger partial charge in [0.2, 0.25) is 0 Å². The highest BCUT2D eigenvalue weighted by Crippen LogP contribution is 2.39. The normalized spacial score (nSPS) is 12.7. The molecule has 7 heteroatoms. The maximum Gasteiger partial charge on any atom is 0.292 e. The van der Waals surface area contributed by atoms with Gasteiger partial charge >= 0.3 is 0 Å². The summed E-state index contributed by atoms with van der Waals surface area (Å²) >= 11 is 1.49. The molecule has 0 fully saturated rings. The van der Waals surface area contributed by atoms with Crippen molar-refractivity contribution < 1.29 is 14.0 Å². The quantitative estimate of drug-likeness (QED) is 0.443. The molecule has 0 unspecified atom stereocenters. The molecular weight excluding hydrogens is 422 g/mol. The number of rotatable bonds is 5. The van der Waals surface area contributed by atoms with Crippen molar-refractivity contribution in [1.82, 2.24) is 10.3 Å². The van der Waals surface area contributed by atoms with Crippen LogP contribution < -0.4 is 10.6 Å². The van der Waals surface area contributed by atoms with Gasteiger partial charge in [0.25, 0.3) is 11.8 Å². The van der Waals surface area contributed by atoms with Crippen LogP contribution in [-0.2, 0) is 19.4 Å². The van der Waals surface area contributed by atoms with Crippen molar-refractivity contribution in [2.45, 2.75) is 39.7 Å². The first-order valence-electron chi connectivity index (χ1n) is 10.6. The highest BCUT2D eigenvalue weighted by molar-refractivity contribution is 7.17. The second kappa shape index (κ2) is 8.24. The van der Waals surface area contributed by atoms with Gasteiger partial charge in [-0.05, 0) is 62.4 Å². The smallest absolute Gasteiger partial charge is 0.292 e. The fourth-order valence-corrected chi connectivity index (χ4v) is 5.50. The average molecular weight is 446 g/mol. The molecule has 1 aliphatic rings. The van der Waals surface area contributed by atoms with Crippen molar-refractivity contribution in [3.63, 3.8) is 0 Å². The van der Waals surface area contributed by atoms with E-state index >= 15 is 0 Å². The summed E-state index contributed by atoms with van der Waals surface area (Å²) in [7, 11) is 0. The van der Waals surface area contributed by atoms with Gasteiger partial charge in [-0.2, -0.15) is 0 Å². The molecule has 2 amide bonds. The minimum atomic E-state index is -0.336. The molecule has 162 valence electrons. The van der Waals surface area contributed by atoms with Crippen LogP contribution in [0.4, 0.5) is 5.00 Å². The first-order valence-corrected chi connectivity index (χ1v) is 11.5. The van der Waals surface area contributed by atoms with Gasteiger partial charge < -0.3 is 15.1 Å². The van der Waals surface area contributed by atoms with E-state index < -0.39 is 0 Å². The predicted octanol–water partition coefficient (Wildman–Crippen LogP) is 5.18. The lowest BCUT2D eigenvalue weighted by molar-refractivity contribution is 0.0951. The first kappa shape index (κ1) is 20.5. The summed E-state index contributed by atoms with van der Waals surface area (Å²) in [6.45, 7) is 4.28. The molecule has 0 saturated carbocycles. The number of nitrogens with one attached hydrogen (secondary N) is 2. The molecule has 0 atom stereocenters. The number of nitrogens with zero attached hydrogens (tertiary/aromatic N) is 1. The number of aryl methyl sites for hydroxylation is 3. The van der Waals surface area contributed by atoms with E-state index in [1.165, 1.54) is 16.2 Å². The van der Waals surface area contributed by atoms with Crippen molar-refractivity contribution in [2.75, 3.05) is 5.32 Å². The third-order valence-electron chi connectivity index (χ3n) is 5.85. The molecule has 4 aromatic rings. The topological polar surface area (TPSA) is 84.2 Å². The van der Waals surface area contributed by atoms with Gasteiger partial charge in [0.05, 0.1) is 5.56 Å². The number of amides is 2. The van der Waals surface area contributed by atoms with Gasteiger partial charge in [-0.15, -0.1) is 11.3 Å². The number of hydrogen-bond donors (Lipinski definition) is 2. The summed E-state index contributed by atoms with van der Waals surface area (Å²) in [5, 5.41) is 7.45. The zero-order valence-electron chi connectivity index (χ0n) is 18.0. The molecule has 1 aromatic carbocycles. The number of aromatic nitrogens is 1. The molecule has 1 aliphatic carbocycles. The van der Waals surface area contributed by atoms with Crippen molar-refractivity contribution in [1.29, 1.82) is 0 Å². The number of hydrogen-bond acceptors (Lipinski definition) is 5. The lowest BCUT2D eigenvalue weighted by Crippen LogP contribution is -2.25. The van der Waals surface area contributed by atoms with Crippen molar-refractivity contribution in [2.24, 2.45) is 0 Å². The summed E-state index contributed by atoms with van der Waals surface area (Å²) in [6.07, 6.45) is 6.24. The van der Waals surface area contributed by atoms with Crippen molar-refractivity contribution in [3.8, 4) is 0 Å². The van der Waals surface area contributed by atoms with Gasteiger partial charge in [0, 0.05) is 34.8 Å². The van der Waals surface area contributed by atoms with E-state index in [1.807, 2.05) is 44.2 Å². The Labute approximate surface area is 189 Å². The van der Waals surface area contributed by atoms with Crippen molar-refractivity contribution in [3.05, 3.63) is 81.2 Å². The van der Waals surface area contributed by atoms with Crippen LogP contribution in [0.1, 0.15) is 54.5 Å². The fraction of sp³-hybridized carbons (Fsp3) is 0.240. The fourth-order valence-electron chi connectivity index (χ4n) is 4.22. The number of anilines is 1. The van der Waals surface area contributed by atoms with E-state index in [9.17, 15) is 9.59 Å². The van der Waals surface area contributed by atoms with Gasteiger partial charge in [-0.25, -0.2) is 0 Å². The maximum absolute atomic E-state index is 13.1. The summed E-state index contributed by atoms with van der Waals surface area (Å²) in [5.74, 6) is -0.237. The minimum absolute atomic E-state index is 0.180. The Morgan fingerprint density at radius 1 is 1.16 bits per heavy atom. The van der Waals surface area contributed by atoms with Gasteiger partial charge in [-0.3, -0.25) is 14.6 Å². The Bertz CT molecular complexity index is 1340. The van der Waals surface area contributed by atoms with E-state index in [0.29, 0.717) is 22.7 Å². The highest BCUT2D eigenvalue weighted by atomic mass is 32.1. The lowest BCUT2D eigenvalue weighted by Gasteiger charge is -2.09. The van der Waals surface area contributed by atoms with E-state index in [0.717, 1.165) is 46.9 Å². The zero-order chi connectivity index (χ0) is 22.2. The molecule has 2 N–H and O–H groups in total. The Morgan fingerprint density at radius 3 is 2.84 bits per heavy atom. The van der Waals surface area contributed by atoms with Gasteiger partial charge in [-0.1, -0.05) is 17.7 Å². The number of benzene rings is 1. The Morgan fingerprint density at radius 2 is 2.03 bits per heavy atom. The van der Waals surface area contributed by atoms with Crippen molar-refractivity contribution >= 4 is 39.1 Å². The monoisotopic (exact) mass is 445 g/mol. The number of carbonyl (C=O) groups excluding carboxylic acids is 2. The molecule has 0 bridgehead atoms. The number of pyridine rings is 1. The lowest BCUT2D eigenvalue weighted by atomic mass is 10.1.